The second-order valence-corrected chi connectivity index (χ2v) is 7.39. The lowest BCUT2D eigenvalue weighted by Gasteiger charge is -2.10. The number of carbonyl (C=O) groups is 1. The maximum Gasteiger partial charge on any atom is 0.336 e. The van der Waals surface area contributed by atoms with Crippen LogP contribution in [-0.2, 0) is 19.6 Å². The van der Waals surface area contributed by atoms with Crippen LogP contribution in [0.2, 0.25) is 5.02 Å². The van der Waals surface area contributed by atoms with Crippen LogP contribution in [0.5, 0.6) is 0 Å². The molecule has 0 radical (unpaired) electrons. The second-order valence-electron chi connectivity index (χ2n) is 5.24. The van der Waals surface area contributed by atoms with Crippen molar-refractivity contribution in [3.05, 3.63) is 77.0 Å². The van der Waals surface area contributed by atoms with Crippen molar-refractivity contribution in [3.63, 3.8) is 0 Å². The number of cyclic esters (lactones) is 1. The molecular formula is C17H14ClNO4S. The summed E-state index contributed by atoms with van der Waals surface area (Å²) in [6.07, 6.45) is 1.21. The van der Waals surface area contributed by atoms with Crippen molar-refractivity contribution < 1.29 is 17.9 Å². The summed E-state index contributed by atoms with van der Waals surface area (Å²) >= 11 is 5.87. The van der Waals surface area contributed by atoms with E-state index in [-0.39, 0.29) is 23.0 Å². The van der Waals surface area contributed by atoms with Gasteiger partial charge in [0.05, 0.1) is 16.4 Å². The summed E-state index contributed by atoms with van der Waals surface area (Å²) in [6, 6.07) is 14.9. The second kappa shape index (κ2) is 6.67. The molecule has 1 unspecified atom stereocenters. The summed E-state index contributed by atoms with van der Waals surface area (Å²) in [5.41, 5.74) is 1.09. The highest BCUT2D eigenvalue weighted by Crippen LogP contribution is 2.31. The Kier molecular flexibility index (Phi) is 4.59. The van der Waals surface area contributed by atoms with Crippen LogP contribution in [0.25, 0.3) is 0 Å². The van der Waals surface area contributed by atoms with E-state index in [4.69, 9.17) is 16.3 Å². The number of carbonyl (C=O) groups excluding carboxylic acids is 1. The van der Waals surface area contributed by atoms with Gasteiger partial charge in [-0.3, -0.25) is 4.72 Å². The third-order valence-corrected chi connectivity index (χ3v) is 5.26. The lowest BCUT2D eigenvalue weighted by Crippen LogP contribution is -2.20. The molecule has 7 heteroatoms. The standard InChI is InChI=1S/C17H14ClNO4S/c18-13-8-6-12(7-9-13)16-11-23-17(20)15(16)10-19-24(21,22)14-4-2-1-3-5-14/h1-10,16,19H,11H2. The van der Waals surface area contributed by atoms with Gasteiger partial charge in [0.25, 0.3) is 10.0 Å². The van der Waals surface area contributed by atoms with Gasteiger partial charge in [-0.05, 0) is 29.8 Å². The summed E-state index contributed by atoms with van der Waals surface area (Å²) in [5, 5.41) is 0.583. The molecule has 1 fully saturated rings. The van der Waals surface area contributed by atoms with Gasteiger partial charge in [-0.2, -0.15) is 0 Å². The Labute approximate surface area is 145 Å². The molecule has 2 aromatic rings. The number of esters is 1. The highest BCUT2D eigenvalue weighted by Gasteiger charge is 2.32. The number of benzene rings is 2. The largest absolute Gasteiger partial charge is 0.461 e. The van der Waals surface area contributed by atoms with Gasteiger partial charge in [-0.1, -0.05) is 41.9 Å². The zero-order valence-corrected chi connectivity index (χ0v) is 14.0. The van der Waals surface area contributed by atoms with Gasteiger partial charge in [0.1, 0.15) is 6.61 Å². The summed E-state index contributed by atoms with van der Waals surface area (Å²) in [4.78, 5) is 12.0. The molecule has 2 aromatic carbocycles. The SMILES string of the molecule is O=C1OCC(c2ccc(Cl)cc2)C1=CNS(=O)(=O)c1ccccc1. The van der Waals surface area contributed by atoms with Crippen molar-refractivity contribution in [2.24, 2.45) is 0 Å². The normalized spacial score (nSPS) is 19.3. The van der Waals surface area contributed by atoms with Gasteiger partial charge in [0.15, 0.2) is 0 Å². The molecule has 1 N–H and O–H groups in total. The fourth-order valence-electron chi connectivity index (χ4n) is 2.41. The van der Waals surface area contributed by atoms with Crippen molar-refractivity contribution in [1.29, 1.82) is 0 Å². The zero-order valence-electron chi connectivity index (χ0n) is 12.5. The minimum Gasteiger partial charge on any atom is -0.461 e. The van der Waals surface area contributed by atoms with Crippen LogP contribution < -0.4 is 4.72 Å². The van der Waals surface area contributed by atoms with Crippen LogP contribution in [0.4, 0.5) is 0 Å². The Morgan fingerprint density at radius 3 is 2.42 bits per heavy atom. The molecule has 0 aliphatic carbocycles. The van der Waals surface area contributed by atoms with Crippen LogP contribution in [-0.4, -0.2) is 21.0 Å². The minimum atomic E-state index is -3.74. The van der Waals surface area contributed by atoms with E-state index in [0.29, 0.717) is 5.02 Å². The summed E-state index contributed by atoms with van der Waals surface area (Å²) in [7, 11) is -3.74. The fourth-order valence-corrected chi connectivity index (χ4v) is 3.47. The third-order valence-electron chi connectivity index (χ3n) is 3.69. The molecule has 1 aliphatic heterocycles. The molecule has 1 aliphatic rings. The van der Waals surface area contributed by atoms with Crippen LogP contribution >= 0.6 is 11.6 Å². The van der Waals surface area contributed by atoms with E-state index in [1.807, 2.05) is 0 Å². The average Bonchev–Trinajstić information content (AvgIpc) is 2.95. The number of hydrogen-bond acceptors (Lipinski definition) is 4. The number of halogens is 1. The number of hydrogen-bond donors (Lipinski definition) is 1. The Balaban J connectivity index is 1.87. The number of sulfonamides is 1. The monoisotopic (exact) mass is 363 g/mol. The highest BCUT2D eigenvalue weighted by molar-refractivity contribution is 7.89. The van der Waals surface area contributed by atoms with Crippen molar-refractivity contribution in [1.82, 2.24) is 4.72 Å². The zero-order chi connectivity index (χ0) is 17.2. The van der Waals surface area contributed by atoms with E-state index in [2.05, 4.69) is 4.72 Å². The van der Waals surface area contributed by atoms with E-state index in [9.17, 15) is 13.2 Å². The van der Waals surface area contributed by atoms with Crippen molar-refractivity contribution >= 4 is 27.6 Å². The van der Waals surface area contributed by atoms with Crippen LogP contribution in [0.15, 0.2) is 71.3 Å². The molecule has 1 atom stereocenters. The molecular weight excluding hydrogens is 350 g/mol. The first-order valence-corrected chi connectivity index (χ1v) is 9.03. The summed E-state index contributed by atoms with van der Waals surface area (Å²) in [5.74, 6) is -0.876. The van der Waals surface area contributed by atoms with Crippen molar-refractivity contribution in [2.45, 2.75) is 10.8 Å². The van der Waals surface area contributed by atoms with E-state index in [1.165, 1.54) is 18.3 Å². The van der Waals surface area contributed by atoms with Crippen LogP contribution in [0.1, 0.15) is 11.5 Å². The Morgan fingerprint density at radius 1 is 1.08 bits per heavy atom. The van der Waals surface area contributed by atoms with Crippen LogP contribution in [0, 0.1) is 0 Å². The maximum atomic E-state index is 12.3. The lowest BCUT2D eigenvalue weighted by molar-refractivity contribution is -0.135. The van der Waals surface area contributed by atoms with Crippen LogP contribution in [0.3, 0.4) is 0 Å². The Hall–Kier alpha value is -2.31. The number of nitrogens with one attached hydrogen (secondary N) is 1. The average molecular weight is 364 g/mol. The molecule has 0 bridgehead atoms. The van der Waals surface area contributed by atoms with E-state index < -0.39 is 16.0 Å². The van der Waals surface area contributed by atoms with E-state index in [1.54, 1.807) is 42.5 Å². The van der Waals surface area contributed by atoms with Gasteiger partial charge in [0, 0.05) is 11.2 Å². The molecule has 0 aromatic heterocycles. The predicted octanol–water partition coefficient (Wildman–Crippen LogP) is 2.84. The predicted molar refractivity (Wildman–Crippen MR) is 90.0 cm³/mol. The first kappa shape index (κ1) is 16.5. The molecule has 24 heavy (non-hydrogen) atoms. The first-order valence-electron chi connectivity index (χ1n) is 7.17. The molecule has 1 heterocycles. The lowest BCUT2D eigenvalue weighted by atomic mass is 9.94. The topological polar surface area (TPSA) is 72.5 Å². The van der Waals surface area contributed by atoms with E-state index in [0.717, 1.165) is 5.56 Å². The number of ether oxygens (including phenoxy) is 1. The van der Waals surface area contributed by atoms with E-state index >= 15 is 0 Å². The van der Waals surface area contributed by atoms with Gasteiger partial charge in [0.2, 0.25) is 0 Å². The quantitative estimate of drug-likeness (QED) is 0.669. The van der Waals surface area contributed by atoms with Gasteiger partial charge in [-0.25, -0.2) is 13.2 Å². The first-order chi connectivity index (χ1) is 11.5. The molecule has 5 nitrogen and oxygen atoms in total. The summed E-state index contributed by atoms with van der Waals surface area (Å²) < 4.78 is 31.9. The molecule has 0 amide bonds. The molecule has 1 saturated heterocycles. The fraction of sp³-hybridized carbons (Fsp3) is 0.118. The molecule has 3 rings (SSSR count). The van der Waals surface area contributed by atoms with Crippen molar-refractivity contribution in [2.75, 3.05) is 6.61 Å². The molecule has 0 saturated carbocycles. The Bertz CT molecular complexity index is 877. The van der Waals surface area contributed by atoms with Gasteiger partial charge in [-0.15, -0.1) is 0 Å². The molecule has 0 spiro atoms. The Morgan fingerprint density at radius 2 is 1.75 bits per heavy atom. The van der Waals surface area contributed by atoms with Crippen molar-refractivity contribution in [3.8, 4) is 0 Å². The minimum absolute atomic E-state index is 0.122. The highest BCUT2D eigenvalue weighted by atomic mass is 35.5. The smallest absolute Gasteiger partial charge is 0.336 e. The number of rotatable bonds is 4. The third kappa shape index (κ3) is 3.44. The molecule has 124 valence electrons. The van der Waals surface area contributed by atoms with Gasteiger partial charge >= 0.3 is 5.97 Å². The van der Waals surface area contributed by atoms with Gasteiger partial charge < -0.3 is 4.74 Å². The summed E-state index contributed by atoms with van der Waals surface area (Å²) in [6.45, 7) is 0.166. The maximum absolute atomic E-state index is 12.3.